The summed E-state index contributed by atoms with van der Waals surface area (Å²) in [6, 6.07) is 5.54. The molecule has 0 spiro atoms. The molecule has 2 nitrogen and oxygen atoms in total. The summed E-state index contributed by atoms with van der Waals surface area (Å²) in [5.74, 6) is 0. The van der Waals surface area contributed by atoms with Gasteiger partial charge >= 0.3 is 0 Å². The van der Waals surface area contributed by atoms with Crippen LogP contribution in [0.1, 0.15) is 12.6 Å². The van der Waals surface area contributed by atoms with Gasteiger partial charge in [-0.05, 0) is 25.1 Å². The smallest absolute Gasteiger partial charge is 0.0878 e. The van der Waals surface area contributed by atoms with Gasteiger partial charge in [-0.1, -0.05) is 12.1 Å². The Kier molecular flexibility index (Phi) is 2.55. The van der Waals surface area contributed by atoms with Crippen molar-refractivity contribution in [2.24, 2.45) is 0 Å². The van der Waals surface area contributed by atoms with Crippen LogP contribution >= 0.6 is 0 Å². The van der Waals surface area contributed by atoms with Gasteiger partial charge in [0.15, 0.2) is 0 Å². The molecule has 0 unspecified atom stereocenters. The Morgan fingerprint density at radius 1 is 1.55 bits per heavy atom. The SMILES string of the molecule is C/C=C\C(=N)c1ccccn1. The molecule has 0 aliphatic heterocycles. The zero-order chi connectivity index (χ0) is 8.10. The second kappa shape index (κ2) is 3.66. The lowest BCUT2D eigenvalue weighted by Crippen LogP contribution is -1.96. The van der Waals surface area contributed by atoms with Crippen LogP contribution in [0.3, 0.4) is 0 Å². The normalized spacial score (nSPS) is 10.3. The molecule has 0 saturated carbocycles. The molecule has 0 aliphatic rings. The van der Waals surface area contributed by atoms with Crippen molar-refractivity contribution in [2.45, 2.75) is 6.92 Å². The van der Waals surface area contributed by atoms with Gasteiger partial charge in [-0.3, -0.25) is 10.4 Å². The van der Waals surface area contributed by atoms with Crippen LogP contribution < -0.4 is 0 Å². The minimum absolute atomic E-state index is 0.452. The molecule has 2 heteroatoms. The molecule has 1 N–H and O–H groups in total. The second-order valence-electron chi connectivity index (χ2n) is 2.13. The summed E-state index contributed by atoms with van der Waals surface area (Å²) in [6.45, 7) is 1.89. The molecule has 1 heterocycles. The van der Waals surface area contributed by atoms with Crippen molar-refractivity contribution in [3.05, 3.63) is 42.2 Å². The molecular weight excluding hydrogens is 136 g/mol. The molecule has 0 fully saturated rings. The minimum atomic E-state index is 0.452. The van der Waals surface area contributed by atoms with E-state index in [1.54, 1.807) is 12.3 Å². The van der Waals surface area contributed by atoms with E-state index in [0.717, 1.165) is 0 Å². The maximum atomic E-state index is 7.48. The van der Waals surface area contributed by atoms with Crippen LogP contribution in [0.4, 0.5) is 0 Å². The molecule has 11 heavy (non-hydrogen) atoms. The maximum absolute atomic E-state index is 7.48. The van der Waals surface area contributed by atoms with E-state index >= 15 is 0 Å². The van der Waals surface area contributed by atoms with E-state index in [-0.39, 0.29) is 0 Å². The summed E-state index contributed by atoms with van der Waals surface area (Å²) >= 11 is 0. The van der Waals surface area contributed by atoms with Crippen LogP contribution in [0.25, 0.3) is 0 Å². The van der Waals surface area contributed by atoms with Crippen molar-refractivity contribution in [1.29, 1.82) is 5.41 Å². The molecule has 56 valence electrons. The standard InChI is InChI=1S/C9H10N2/c1-2-5-8(10)9-6-3-4-7-11-9/h2-7,10H,1H3/b5-2-,10-8?. The number of allylic oxidation sites excluding steroid dienone is 2. The van der Waals surface area contributed by atoms with Gasteiger partial charge in [0.25, 0.3) is 0 Å². The van der Waals surface area contributed by atoms with E-state index in [1.165, 1.54) is 0 Å². The number of hydrogen-bond donors (Lipinski definition) is 1. The molecule has 0 saturated heterocycles. The highest BCUT2D eigenvalue weighted by molar-refractivity contribution is 6.04. The Labute approximate surface area is 66.1 Å². The quantitative estimate of drug-likeness (QED) is 0.637. The fourth-order valence-corrected chi connectivity index (χ4v) is 0.774. The zero-order valence-corrected chi connectivity index (χ0v) is 6.41. The number of nitrogens with one attached hydrogen (secondary N) is 1. The van der Waals surface area contributed by atoms with Crippen LogP contribution in [0, 0.1) is 5.41 Å². The molecule has 0 atom stereocenters. The van der Waals surface area contributed by atoms with E-state index in [0.29, 0.717) is 11.4 Å². The molecule has 0 aliphatic carbocycles. The van der Waals surface area contributed by atoms with Gasteiger partial charge in [0.1, 0.15) is 0 Å². The highest BCUT2D eigenvalue weighted by Crippen LogP contribution is 1.95. The lowest BCUT2D eigenvalue weighted by Gasteiger charge is -1.94. The highest BCUT2D eigenvalue weighted by atomic mass is 14.7. The number of rotatable bonds is 2. The third-order valence-electron chi connectivity index (χ3n) is 1.27. The van der Waals surface area contributed by atoms with Crippen molar-refractivity contribution in [2.75, 3.05) is 0 Å². The zero-order valence-electron chi connectivity index (χ0n) is 6.41. The van der Waals surface area contributed by atoms with Crippen LogP contribution in [0.15, 0.2) is 36.5 Å². The second-order valence-corrected chi connectivity index (χ2v) is 2.13. The average molecular weight is 146 g/mol. The molecule has 1 aromatic rings. The van der Waals surface area contributed by atoms with Crippen molar-refractivity contribution in [1.82, 2.24) is 4.98 Å². The number of pyridine rings is 1. The predicted octanol–water partition coefficient (Wildman–Crippen LogP) is 2.03. The first kappa shape index (κ1) is 7.66. The van der Waals surface area contributed by atoms with Crippen molar-refractivity contribution < 1.29 is 0 Å². The van der Waals surface area contributed by atoms with Gasteiger partial charge in [0.05, 0.1) is 11.4 Å². The van der Waals surface area contributed by atoms with E-state index in [2.05, 4.69) is 4.98 Å². The summed E-state index contributed by atoms with van der Waals surface area (Å²) in [5, 5.41) is 7.48. The summed E-state index contributed by atoms with van der Waals surface area (Å²) in [5.41, 5.74) is 1.17. The Hall–Kier alpha value is -1.44. The number of hydrogen-bond acceptors (Lipinski definition) is 2. The monoisotopic (exact) mass is 146 g/mol. The van der Waals surface area contributed by atoms with Crippen molar-refractivity contribution in [3.63, 3.8) is 0 Å². The van der Waals surface area contributed by atoms with E-state index < -0.39 is 0 Å². The third kappa shape index (κ3) is 2.00. The van der Waals surface area contributed by atoms with E-state index in [4.69, 9.17) is 5.41 Å². The Balaban J connectivity index is 2.86. The fourth-order valence-electron chi connectivity index (χ4n) is 0.774. The van der Waals surface area contributed by atoms with Crippen LogP contribution in [-0.4, -0.2) is 10.7 Å². The van der Waals surface area contributed by atoms with Gasteiger partial charge in [-0.25, -0.2) is 0 Å². The van der Waals surface area contributed by atoms with Gasteiger partial charge in [-0.15, -0.1) is 0 Å². The first-order valence-corrected chi connectivity index (χ1v) is 3.47. The Bertz CT molecular complexity index is 262. The van der Waals surface area contributed by atoms with Crippen molar-refractivity contribution >= 4 is 5.71 Å². The average Bonchev–Trinajstić information content (AvgIpc) is 2.07. The van der Waals surface area contributed by atoms with E-state index in [9.17, 15) is 0 Å². The molecule has 0 bridgehead atoms. The molecule has 0 radical (unpaired) electrons. The van der Waals surface area contributed by atoms with Gasteiger partial charge in [0, 0.05) is 6.20 Å². The minimum Gasteiger partial charge on any atom is -0.299 e. The predicted molar refractivity (Wildman–Crippen MR) is 45.9 cm³/mol. The Morgan fingerprint density at radius 2 is 2.36 bits per heavy atom. The summed E-state index contributed by atoms with van der Waals surface area (Å²) < 4.78 is 0. The van der Waals surface area contributed by atoms with Crippen LogP contribution in [0.5, 0.6) is 0 Å². The van der Waals surface area contributed by atoms with Gasteiger partial charge < -0.3 is 0 Å². The third-order valence-corrected chi connectivity index (χ3v) is 1.27. The topological polar surface area (TPSA) is 36.7 Å². The molecule has 0 aromatic carbocycles. The lowest BCUT2D eigenvalue weighted by molar-refractivity contribution is 1.28. The number of aromatic nitrogens is 1. The Morgan fingerprint density at radius 3 is 2.91 bits per heavy atom. The molecule has 1 rings (SSSR count). The first-order chi connectivity index (χ1) is 5.34. The molecule has 0 amide bonds. The van der Waals surface area contributed by atoms with Crippen molar-refractivity contribution in [3.8, 4) is 0 Å². The summed E-state index contributed by atoms with van der Waals surface area (Å²) in [4.78, 5) is 4.02. The van der Waals surface area contributed by atoms with Gasteiger partial charge in [-0.2, -0.15) is 0 Å². The van der Waals surface area contributed by atoms with E-state index in [1.807, 2.05) is 31.2 Å². The highest BCUT2D eigenvalue weighted by Gasteiger charge is 1.94. The van der Waals surface area contributed by atoms with Crippen LogP contribution in [0.2, 0.25) is 0 Å². The summed E-state index contributed by atoms with van der Waals surface area (Å²) in [6.07, 6.45) is 5.24. The largest absolute Gasteiger partial charge is 0.299 e. The maximum Gasteiger partial charge on any atom is 0.0878 e. The number of nitrogens with zero attached hydrogens (tertiary/aromatic N) is 1. The molecular formula is C9H10N2. The fraction of sp³-hybridized carbons (Fsp3) is 0.111. The van der Waals surface area contributed by atoms with Gasteiger partial charge in [0.2, 0.25) is 0 Å². The molecule has 1 aromatic heterocycles. The summed E-state index contributed by atoms with van der Waals surface area (Å²) in [7, 11) is 0. The first-order valence-electron chi connectivity index (χ1n) is 3.47. The lowest BCUT2D eigenvalue weighted by atomic mass is 10.2. The van der Waals surface area contributed by atoms with Crippen LogP contribution in [-0.2, 0) is 0 Å².